The van der Waals surface area contributed by atoms with E-state index in [0.29, 0.717) is 12.8 Å². The van der Waals surface area contributed by atoms with Gasteiger partial charge in [0, 0.05) is 0 Å². The zero-order chi connectivity index (χ0) is 13.2. The molecule has 0 aliphatic heterocycles. The van der Waals surface area contributed by atoms with E-state index < -0.39 is 20.8 Å². The Morgan fingerprint density at radius 2 is 1.06 bits per heavy atom. The summed E-state index contributed by atoms with van der Waals surface area (Å²) in [7, 11) is -8.87. The quantitative estimate of drug-likeness (QED) is 0.359. The number of hydrogen-bond acceptors (Lipinski definition) is 8. The molecule has 0 aliphatic rings. The minimum Gasteiger partial charge on any atom is -0.726 e. The Bertz CT molecular complexity index is 312. The van der Waals surface area contributed by atoms with Crippen molar-refractivity contribution in [2.75, 3.05) is 13.2 Å². The van der Waals surface area contributed by atoms with Gasteiger partial charge < -0.3 is 9.11 Å². The normalized spacial score (nSPS) is 11.1. The van der Waals surface area contributed by atoms with Gasteiger partial charge in [0.25, 0.3) is 0 Å². The number of rotatable bonds is 6. The van der Waals surface area contributed by atoms with Gasteiger partial charge in [-0.1, -0.05) is 13.8 Å². The van der Waals surface area contributed by atoms with Crippen molar-refractivity contribution < 1.29 is 34.3 Å². The standard InChI is InChI=1S/2C3H8O4S.Mg/c2*1-2-3-7-8(4,5)6;/h2*2-3H2,1H3,(H,4,5,6);/q;;+2/p-2. The van der Waals surface area contributed by atoms with Crippen molar-refractivity contribution in [2.45, 2.75) is 26.7 Å². The third kappa shape index (κ3) is 31.5. The van der Waals surface area contributed by atoms with Crippen LogP contribution in [0.25, 0.3) is 0 Å². The van der Waals surface area contributed by atoms with E-state index in [1.165, 1.54) is 0 Å². The third-order valence-electron chi connectivity index (χ3n) is 0.864. The smallest absolute Gasteiger partial charge is 0.726 e. The Balaban J connectivity index is -0.000000218. The second-order valence-corrected chi connectivity index (χ2v) is 4.56. The van der Waals surface area contributed by atoms with Crippen LogP contribution in [0.4, 0.5) is 0 Å². The molecule has 0 spiro atoms. The van der Waals surface area contributed by atoms with Gasteiger partial charge in [-0.05, 0) is 12.8 Å². The molecule has 0 heterocycles. The first-order valence-electron chi connectivity index (χ1n) is 4.32. The molecule has 0 radical (unpaired) electrons. The summed E-state index contributed by atoms with van der Waals surface area (Å²) in [6.07, 6.45) is 1.06. The first-order valence-corrected chi connectivity index (χ1v) is 6.99. The van der Waals surface area contributed by atoms with E-state index in [2.05, 4.69) is 8.37 Å². The maximum atomic E-state index is 9.61. The fourth-order valence-corrected chi connectivity index (χ4v) is 1.11. The van der Waals surface area contributed by atoms with Gasteiger partial charge in [0.2, 0.25) is 20.8 Å². The zero-order valence-electron chi connectivity index (χ0n) is 9.62. The van der Waals surface area contributed by atoms with Gasteiger partial charge in [-0.25, -0.2) is 16.8 Å². The molecule has 0 fully saturated rings. The molecule has 11 heteroatoms. The molecule has 100 valence electrons. The molecule has 0 aliphatic carbocycles. The van der Waals surface area contributed by atoms with Gasteiger partial charge in [0.05, 0.1) is 13.2 Å². The van der Waals surface area contributed by atoms with Crippen molar-refractivity contribution in [3.8, 4) is 0 Å². The van der Waals surface area contributed by atoms with E-state index in [0.717, 1.165) is 0 Å². The summed E-state index contributed by atoms with van der Waals surface area (Å²) in [4.78, 5) is 0. The first kappa shape index (κ1) is 22.7. The summed E-state index contributed by atoms with van der Waals surface area (Å²) in [6, 6.07) is 0. The molecule has 0 rings (SSSR count). The molecule has 0 aromatic carbocycles. The predicted octanol–water partition coefficient (Wildman–Crippen LogP) is -0.634. The van der Waals surface area contributed by atoms with Crippen molar-refractivity contribution in [1.82, 2.24) is 0 Å². The molecule has 0 amide bonds. The second-order valence-electron chi connectivity index (χ2n) is 2.46. The van der Waals surface area contributed by atoms with Gasteiger partial charge in [0.15, 0.2) is 0 Å². The van der Waals surface area contributed by atoms with Crippen molar-refractivity contribution in [2.24, 2.45) is 0 Å². The molecular weight excluding hydrogens is 288 g/mol. The molecule has 0 aromatic heterocycles. The maximum absolute atomic E-state index is 9.61. The van der Waals surface area contributed by atoms with Crippen LogP contribution in [-0.4, -0.2) is 62.2 Å². The van der Waals surface area contributed by atoms with Gasteiger partial charge >= 0.3 is 23.1 Å². The molecule has 0 saturated carbocycles. The summed E-state index contributed by atoms with van der Waals surface area (Å²) in [5.41, 5.74) is 0. The van der Waals surface area contributed by atoms with E-state index in [9.17, 15) is 25.9 Å². The van der Waals surface area contributed by atoms with Gasteiger partial charge in [-0.3, -0.25) is 8.37 Å². The Kier molecular flexibility index (Phi) is 15.5. The molecule has 0 atom stereocenters. The zero-order valence-corrected chi connectivity index (χ0v) is 12.7. The fourth-order valence-electron chi connectivity index (χ4n) is 0.371. The summed E-state index contributed by atoms with van der Waals surface area (Å²) in [5, 5.41) is 0. The Labute approximate surface area is 118 Å². The van der Waals surface area contributed by atoms with Crippen LogP contribution in [0.3, 0.4) is 0 Å². The van der Waals surface area contributed by atoms with Crippen LogP contribution >= 0.6 is 0 Å². The molecule has 0 bridgehead atoms. The van der Waals surface area contributed by atoms with Crippen LogP contribution in [0, 0.1) is 0 Å². The van der Waals surface area contributed by atoms with Crippen LogP contribution in [0.15, 0.2) is 0 Å². The van der Waals surface area contributed by atoms with Gasteiger partial charge in [-0.15, -0.1) is 0 Å². The Morgan fingerprint density at radius 3 is 1.12 bits per heavy atom. The van der Waals surface area contributed by atoms with Crippen molar-refractivity contribution in [1.29, 1.82) is 0 Å². The summed E-state index contributed by atoms with van der Waals surface area (Å²) >= 11 is 0. The first-order chi connectivity index (χ1) is 7.12. The molecule has 0 unspecified atom stereocenters. The average Bonchev–Trinajstić information content (AvgIpc) is 2.10. The van der Waals surface area contributed by atoms with Gasteiger partial charge in [0.1, 0.15) is 0 Å². The van der Waals surface area contributed by atoms with Crippen molar-refractivity contribution >= 4 is 43.9 Å². The summed E-state index contributed by atoms with van der Waals surface area (Å²) in [6.45, 7) is 3.38. The predicted molar refractivity (Wildman–Crippen MR) is 57.6 cm³/mol. The average molecular weight is 303 g/mol. The summed E-state index contributed by atoms with van der Waals surface area (Å²) in [5.74, 6) is 0. The molecule has 17 heavy (non-hydrogen) atoms. The molecule has 0 N–H and O–H groups in total. The Morgan fingerprint density at radius 1 is 0.824 bits per heavy atom. The largest absolute Gasteiger partial charge is 2.00 e. The van der Waals surface area contributed by atoms with Crippen molar-refractivity contribution in [3.63, 3.8) is 0 Å². The van der Waals surface area contributed by atoms with Crippen LogP contribution in [0.1, 0.15) is 26.7 Å². The Hall–Kier alpha value is 0.506. The minimum absolute atomic E-state index is 0. The summed E-state index contributed by atoms with van der Waals surface area (Å²) < 4.78 is 65.3. The SMILES string of the molecule is CCCOS(=O)(=O)[O-].CCCOS(=O)(=O)[O-].[Mg+2]. The van der Waals surface area contributed by atoms with E-state index in [1.54, 1.807) is 13.8 Å². The number of hydrogen-bond donors (Lipinski definition) is 0. The maximum Gasteiger partial charge on any atom is 2.00 e. The van der Waals surface area contributed by atoms with E-state index >= 15 is 0 Å². The second kappa shape index (κ2) is 11.6. The monoisotopic (exact) mass is 302 g/mol. The third-order valence-corrected chi connectivity index (χ3v) is 1.77. The van der Waals surface area contributed by atoms with Crippen molar-refractivity contribution in [3.05, 3.63) is 0 Å². The minimum atomic E-state index is -4.44. The van der Waals surface area contributed by atoms with E-state index in [4.69, 9.17) is 0 Å². The van der Waals surface area contributed by atoms with Crippen LogP contribution in [0.5, 0.6) is 0 Å². The molecule has 0 saturated heterocycles. The van der Waals surface area contributed by atoms with E-state index in [-0.39, 0.29) is 36.3 Å². The van der Waals surface area contributed by atoms with Crippen LogP contribution in [-0.2, 0) is 29.2 Å². The van der Waals surface area contributed by atoms with Gasteiger partial charge in [-0.2, -0.15) is 0 Å². The van der Waals surface area contributed by atoms with Crippen LogP contribution < -0.4 is 0 Å². The molecular formula is C6H14MgO8S2. The topological polar surface area (TPSA) is 133 Å². The molecule has 0 aromatic rings. The van der Waals surface area contributed by atoms with E-state index in [1.807, 2.05) is 0 Å². The van der Waals surface area contributed by atoms with Crippen LogP contribution in [0.2, 0.25) is 0 Å². The molecule has 8 nitrogen and oxygen atoms in total. The fraction of sp³-hybridized carbons (Fsp3) is 1.00.